The molecule has 0 spiro atoms. The minimum atomic E-state index is -1.58. The first-order valence-corrected chi connectivity index (χ1v) is 3.61. The van der Waals surface area contributed by atoms with Crippen molar-refractivity contribution in [2.24, 2.45) is 0 Å². The third-order valence-corrected chi connectivity index (χ3v) is 1.39. The van der Waals surface area contributed by atoms with E-state index in [2.05, 4.69) is 4.74 Å². The van der Waals surface area contributed by atoms with Crippen LogP contribution in [-0.4, -0.2) is 46.7 Å². The summed E-state index contributed by atoms with van der Waals surface area (Å²) in [7, 11) is 1.11. The average molecular weight is 178 g/mol. The van der Waals surface area contributed by atoms with Crippen molar-refractivity contribution < 1.29 is 24.9 Å². The van der Waals surface area contributed by atoms with Gasteiger partial charge in [-0.1, -0.05) is 0 Å². The van der Waals surface area contributed by atoms with Crippen LogP contribution in [0, 0.1) is 0 Å². The second kappa shape index (κ2) is 5.08. The van der Waals surface area contributed by atoms with Crippen molar-refractivity contribution in [1.82, 2.24) is 0 Å². The summed E-state index contributed by atoms with van der Waals surface area (Å²) in [6.45, 7) is 1.45. The molecule has 0 aliphatic rings. The Hall–Kier alpha value is -0.650. The zero-order valence-corrected chi connectivity index (χ0v) is 7.10. The maximum absolute atomic E-state index is 10.6. The lowest BCUT2D eigenvalue weighted by Gasteiger charge is -2.16. The second-order valence-corrected chi connectivity index (χ2v) is 2.62. The van der Waals surface area contributed by atoms with E-state index >= 15 is 0 Å². The Morgan fingerprint density at radius 3 is 2.25 bits per heavy atom. The number of esters is 1. The number of hydrogen-bond acceptors (Lipinski definition) is 5. The van der Waals surface area contributed by atoms with E-state index in [-0.39, 0.29) is 6.42 Å². The van der Waals surface area contributed by atoms with E-state index in [1.165, 1.54) is 6.92 Å². The Morgan fingerprint density at radius 1 is 1.42 bits per heavy atom. The fourth-order valence-corrected chi connectivity index (χ4v) is 0.756. The molecule has 0 heterocycles. The molecule has 3 unspecified atom stereocenters. The fourth-order valence-electron chi connectivity index (χ4n) is 0.756. The highest BCUT2D eigenvalue weighted by Crippen LogP contribution is 2.03. The monoisotopic (exact) mass is 178 g/mol. The smallest absolute Gasteiger partial charge is 0.337 e. The van der Waals surface area contributed by atoms with Gasteiger partial charge in [0.25, 0.3) is 0 Å². The first kappa shape index (κ1) is 11.4. The van der Waals surface area contributed by atoms with Gasteiger partial charge in [0.2, 0.25) is 0 Å². The molecule has 12 heavy (non-hydrogen) atoms. The van der Waals surface area contributed by atoms with Gasteiger partial charge in [-0.2, -0.15) is 0 Å². The largest absolute Gasteiger partial charge is 0.467 e. The number of methoxy groups -OCH3 is 1. The van der Waals surface area contributed by atoms with Crippen LogP contribution in [0.1, 0.15) is 13.3 Å². The lowest BCUT2D eigenvalue weighted by atomic mass is 10.1. The SMILES string of the molecule is COC(=O)C(O)C(O)CC(C)O. The molecule has 0 rings (SSSR count). The van der Waals surface area contributed by atoms with Crippen molar-refractivity contribution in [2.75, 3.05) is 7.11 Å². The highest BCUT2D eigenvalue weighted by Gasteiger charge is 2.25. The molecule has 5 nitrogen and oxygen atoms in total. The molecule has 3 atom stereocenters. The van der Waals surface area contributed by atoms with Crippen molar-refractivity contribution in [3.63, 3.8) is 0 Å². The highest BCUT2D eigenvalue weighted by atomic mass is 16.5. The van der Waals surface area contributed by atoms with Gasteiger partial charge < -0.3 is 20.1 Å². The summed E-state index contributed by atoms with van der Waals surface area (Å²) in [4.78, 5) is 10.6. The van der Waals surface area contributed by atoms with Crippen LogP contribution < -0.4 is 0 Å². The van der Waals surface area contributed by atoms with Gasteiger partial charge >= 0.3 is 5.97 Å². The van der Waals surface area contributed by atoms with E-state index in [4.69, 9.17) is 15.3 Å². The molecule has 0 bridgehead atoms. The van der Waals surface area contributed by atoms with E-state index in [0.29, 0.717) is 0 Å². The van der Waals surface area contributed by atoms with Crippen LogP contribution in [0.15, 0.2) is 0 Å². The number of aliphatic hydroxyl groups excluding tert-OH is 3. The van der Waals surface area contributed by atoms with Crippen LogP contribution in [0.25, 0.3) is 0 Å². The summed E-state index contributed by atoms with van der Waals surface area (Å²) in [5.41, 5.74) is 0. The predicted octanol–water partition coefficient (Wildman–Crippen LogP) is -1.35. The van der Waals surface area contributed by atoms with Gasteiger partial charge in [-0.15, -0.1) is 0 Å². The molecule has 0 saturated heterocycles. The maximum Gasteiger partial charge on any atom is 0.337 e. The third kappa shape index (κ3) is 3.66. The molecular formula is C7H14O5. The Labute approximate surface area is 70.6 Å². The van der Waals surface area contributed by atoms with Crippen LogP contribution in [-0.2, 0) is 9.53 Å². The van der Waals surface area contributed by atoms with Crippen LogP contribution in [0.5, 0.6) is 0 Å². The second-order valence-electron chi connectivity index (χ2n) is 2.62. The Bertz CT molecular complexity index is 145. The number of carbonyl (C=O) groups excluding carboxylic acids is 1. The summed E-state index contributed by atoms with van der Waals surface area (Å²) in [6, 6.07) is 0. The van der Waals surface area contributed by atoms with Crippen LogP contribution >= 0.6 is 0 Å². The minimum absolute atomic E-state index is 0.0593. The van der Waals surface area contributed by atoms with Crippen molar-refractivity contribution in [2.45, 2.75) is 31.7 Å². The van der Waals surface area contributed by atoms with E-state index < -0.39 is 24.3 Å². The maximum atomic E-state index is 10.6. The van der Waals surface area contributed by atoms with Crippen LogP contribution in [0.2, 0.25) is 0 Å². The zero-order valence-electron chi connectivity index (χ0n) is 7.10. The van der Waals surface area contributed by atoms with E-state index in [0.717, 1.165) is 7.11 Å². The zero-order chi connectivity index (χ0) is 9.72. The number of carbonyl (C=O) groups is 1. The lowest BCUT2D eigenvalue weighted by molar-refractivity contribution is -0.157. The van der Waals surface area contributed by atoms with Gasteiger partial charge in [0, 0.05) is 6.42 Å². The van der Waals surface area contributed by atoms with Crippen LogP contribution in [0.3, 0.4) is 0 Å². The van der Waals surface area contributed by atoms with Gasteiger partial charge in [-0.3, -0.25) is 0 Å². The van der Waals surface area contributed by atoms with Gasteiger partial charge in [0.05, 0.1) is 19.3 Å². The molecule has 0 aromatic carbocycles. The van der Waals surface area contributed by atoms with E-state index in [1.54, 1.807) is 0 Å². The third-order valence-electron chi connectivity index (χ3n) is 1.39. The minimum Gasteiger partial charge on any atom is -0.467 e. The number of rotatable bonds is 4. The molecule has 0 aromatic rings. The summed E-state index contributed by atoms with van der Waals surface area (Å²) < 4.78 is 4.18. The quantitative estimate of drug-likeness (QED) is 0.463. The van der Waals surface area contributed by atoms with Crippen LogP contribution in [0.4, 0.5) is 0 Å². The molecule has 0 aromatic heterocycles. The molecule has 0 saturated carbocycles. The summed E-state index contributed by atoms with van der Waals surface area (Å²) >= 11 is 0. The molecule has 0 amide bonds. The van der Waals surface area contributed by atoms with Gasteiger partial charge in [0.1, 0.15) is 0 Å². The van der Waals surface area contributed by atoms with Gasteiger partial charge in [-0.25, -0.2) is 4.79 Å². The van der Waals surface area contributed by atoms with Crippen molar-refractivity contribution in [3.05, 3.63) is 0 Å². The summed E-state index contributed by atoms with van der Waals surface area (Å²) in [5.74, 6) is -0.900. The molecule has 0 aliphatic heterocycles. The number of hydrogen-bond donors (Lipinski definition) is 3. The topological polar surface area (TPSA) is 87.0 Å². The Balaban J connectivity index is 3.91. The predicted molar refractivity (Wildman–Crippen MR) is 40.3 cm³/mol. The molecule has 0 radical (unpaired) electrons. The highest BCUT2D eigenvalue weighted by molar-refractivity contribution is 5.74. The van der Waals surface area contributed by atoms with E-state index in [1.807, 2.05) is 0 Å². The first-order valence-electron chi connectivity index (χ1n) is 3.61. The molecule has 3 N–H and O–H groups in total. The number of aliphatic hydroxyl groups is 3. The molecular weight excluding hydrogens is 164 g/mol. The standard InChI is InChI=1S/C7H14O5/c1-4(8)3-5(9)6(10)7(11)12-2/h4-6,8-10H,3H2,1-2H3. The molecule has 5 heteroatoms. The first-order chi connectivity index (χ1) is 5.49. The molecule has 72 valence electrons. The Kier molecular flexibility index (Phi) is 4.80. The van der Waals surface area contributed by atoms with E-state index in [9.17, 15) is 4.79 Å². The lowest BCUT2D eigenvalue weighted by Crippen LogP contribution is -2.36. The fraction of sp³-hybridized carbons (Fsp3) is 0.857. The van der Waals surface area contributed by atoms with Crippen molar-refractivity contribution >= 4 is 5.97 Å². The number of ether oxygens (including phenoxy) is 1. The summed E-state index contributed by atoms with van der Waals surface area (Å²) in [5, 5.41) is 26.9. The normalized spacial score (nSPS) is 18.1. The average Bonchev–Trinajstić information content (AvgIpc) is 2.00. The Morgan fingerprint density at radius 2 is 1.92 bits per heavy atom. The van der Waals surface area contributed by atoms with Gasteiger partial charge in [-0.05, 0) is 6.92 Å². The van der Waals surface area contributed by atoms with Crippen molar-refractivity contribution in [3.8, 4) is 0 Å². The van der Waals surface area contributed by atoms with Crippen molar-refractivity contribution in [1.29, 1.82) is 0 Å². The summed E-state index contributed by atoms with van der Waals surface area (Å²) in [6.07, 6.45) is -3.68. The molecule has 0 fully saturated rings. The van der Waals surface area contributed by atoms with Gasteiger partial charge in [0.15, 0.2) is 6.10 Å². The molecule has 0 aliphatic carbocycles.